The van der Waals surface area contributed by atoms with Crippen molar-refractivity contribution in [2.24, 2.45) is 0 Å². The van der Waals surface area contributed by atoms with E-state index in [2.05, 4.69) is 63.8 Å². The second kappa shape index (κ2) is 7.32. The Kier molecular flexibility index (Phi) is 4.64. The number of benzene rings is 2. The summed E-state index contributed by atoms with van der Waals surface area (Å²) in [6.45, 7) is 3.94. The minimum absolute atomic E-state index is 0.0110. The van der Waals surface area contributed by atoms with Gasteiger partial charge in [-0.2, -0.15) is 0 Å². The summed E-state index contributed by atoms with van der Waals surface area (Å²) in [5.41, 5.74) is 4.94. The van der Waals surface area contributed by atoms with Crippen molar-refractivity contribution in [1.82, 2.24) is 10.6 Å². The van der Waals surface area contributed by atoms with Gasteiger partial charge in [0.2, 0.25) is 0 Å². The maximum absolute atomic E-state index is 13.2. The molecular weight excluding hydrogens is 378 g/mol. The highest BCUT2D eigenvalue weighted by Gasteiger charge is 2.46. The molecule has 2 fully saturated rings. The predicted molar refractivity (Wildman–Crippen MR) is 120 cm³/mol. The average molecular weight is 404 g/mol. The lowest BCUT2D eigenvalue weighted by molar-refractivity contribution is 0.0930. The van der Waals surface area contributed by atoms with Crippen LogP contribution >= 0.6 is 11.3 Å². The molecule has 0 atom stereocenters. The van der Waals surface area contributed by atoms with Gasteiger partial charge in [-0.05, 0) is 66.1 Å². The molecule has 0 radical (unpaired) electrons. The summed E-state index contributed by atoms with van der Waals surface area (Å²) in [5.74, 6) is 0.0110. The first-order valence-corrected chi connectivity index (χ1v) is 11.1. The minimum atomic E-state index is -0.238. The Bertz CT molecular complexity index is 1040. The van der Waals surface area contributed by atoms with E-state index < -0.39 is 0 Å². The van der Waals surface area contributed by atoms with Crippen LogP contribution in [0.2, 0.25) is 0 Å². The van der Waals surface area contributed by atoms with E-state index in [4.69, 9.17) is 0 Å². The van der Waals surface area contributed by atoms with Crippen molar-refractivity contribution in [2.75, 3.05) is 18.4 Å². The van der Waals surface area contributed by atoms with Crippen LogP contribution in [0.5, 0.6) is 0 Å². The highest BCUT2D eigenvalue weighted by Crippen LogP contribution is 2.46. The van der Waals surface area contributed by atoms with Gasteiger partial charge in [0.1, 0.15) is 0 Å². The Labute approximate surface area is 175 Å². The first-order valence-electron chi connectivity index (χ1n) is 10.2. The topological polar surface area (TPSA) is 53.2 Å². The second-order valence-electron chi connectivity index (χ2n) is 8.12. The fourth-order valence-corrected chi connectivity index (χ4v) is 4.62. The molecule has 3 N–H and O–H groups in total. The highest BCUT2D eigenvalue weighted by molar-refractivity contribution is 7.13. The van der Waals surface area contributed by atoms with Crippen LogP contribution in [0, 0.1) is 6.92 Å². The molecule has 0 unspecified atom stereocenters. The van der Waals surface area contributed by atoms with Crippen LogP contribution < -0.4 is 16.0 Å². The molecule has 0 bridgehead atoms. The standard InChI is InChI=1S/C24H25N3OS/c1-16-7-8-19(26-20-14-25-15-20)13-21(16)23(28)27-24(9-10-24)18-5-2-4-17(12-18)22-6-3-11-29-22/h2-8,11-13,20,25-26H,9-10,14-15H2,1H3,(H,27,28). The molecule has 148 valence electrons. The summed E-state index contributed by atoms with van der Waals surface area (Å²) < 4.78 is 0. The van der Waals surface area contributed by atoms with Gasteiger partial charge in [0.25, 0.3) is 5.91 Å². The molecule has 5 heteroatoms. The van der Waals surface area contributed by atoms with Crippen LogP contribution in [0.4, 0.5) is 5.69 Å². The van der Waals surface area contributed by atoms with Crippen molar-refractivity contribution in [3.05, 3.63) is 76.7 Å². The van der Waals surface area contributed by atoms with E-state index in [1.807, 2.05) is 19.1 Å². The smallest absolute Gasteiger partial charge is 0.252 e. The van der Waals surface area contributed by atoms with Crippen LogP contribution in [-0.2, 0) is 5.54 Å². The molecule has 3 aromatic rings. The summed E-state index contributed by atoms with van der Waals surface area (Å²) in [6, 6.07) is 19.3. The van der Waals surface area contributed by atoms with Crippen LogP contribution in [0.3, 0.4) is 0 Å². The number of rotatable bonds is 6. The fourth-order valence-electron chi connectivity index (χ4n) is 3.89. The summed E-state index contributed by atoms with van der Waals surface area (Å²) >= 11 is 1.74. The molecule has 1 aliphatic carbocycles. The molecule has 1 saturated carbocycles. The van der Waals surface area contributed by atoms with Gasteiger partial charge in [0.15, 0.2) is 0 Å². The van der Waals surface area contributed by atoms with E-state index in [0.29, 0.717) is 6.04 Å². The quantitative estimate of drug-likeness (QED) is 0.567. The van der Waals surface area contributed by atoms with Crippen LogP contribution in [0.1, 0.15) is 34.3 Å². The van der Waals surface area contributed by atoms with E-state index in [9.17, 15) is 4.79 Å². The SMILES string of the molecule is Cc1ccc(NC2CNC2)cc1C(=O)NC1(c2cccc(-c3cccs3)c2)CC1. The molecule has 1 aliphatic heterocycles. The third-order valence-electron chi connectivity index (χ3n) is 5.96. The first-order chi connectivity index (χ1) is 14.1. The zero-order chi connectivity index (χ0) is 19.8. The molecule has 1 amide bonds. The number of amides is 1. The second-order valence-corrected chi connectivity index (χ2v) is 9.07. The highest BCUT2D eigenvalue weighted by atomic mass is 32.1. The predicted octanol–water partition coefficient (Wildman–Crippen LogP) is 4.53. The van der Waals surface area contributed by atoms with Crippen molar-refractivity contribution < 1.29 is 4.79 Å². The van der Waals surface area contributed by atoms with Gasteiger partial charge in [-0.3, -0.25) is 4.79 Å². The van der Waals surface area contributed by atoms with Gasteiger partial charge in [0.05, 0.1) is 11.6 Å². The van der Waals surface area contributed by atoms with Crippen molar-refractivity contribution in [3.63, 3.8) is 0 Å². The number of hydrogen-bond donors (Lipinski definition) is 3. The van der Waals surface area contributed by atoms with Crippen LogP contribution in [0.15, 0.2) is 60.0 Å². The molecule has 29 heavy (non-hydrogen) atoms. The number of carbonyl (C=O) groups is 1. The van der Waals surface area contributed by atoms with Crippen molar-refractivity contribution >= 4 is 22.9 Å². The molecular formula is C24H25N3OS. The van der Waals surface area contributed by atoms with Crippen molar-refractivity contribution in [1.29, 1.82) is 0 Å². The summed E-state index contributed by atoms with van der Waals surface area (Å²) in [5, 5.41) is 12.2. The van der Waals surface area contributed by atoms with E-state index in [0.717, 1.165) is 42.7 Å². The Balaban J connectivity index is 1.37. The summed E-state index contributed by atoms with van der Waals surface area (Å²) in [7, 11) is 0. The Morgan fingerprint density at radius 2 is 1.97 bits per heavy atom. The molecule has 2 aliphatic rings. The maximum Gasteiger partial charge on any atom is 0.252 e. The van der Waals surface area contributed by atoms with Gasteiger partial charge in [-0.15, -0.1) is 11.3 Å². The summed E-state index contributed by atoms with van der Waals surface area (Å²) in [6.07, 6.45) is 1.97. The molecule has 1 saturated heterocycles. The normalized spacial score (nSPS) is 17.4. The number of anilines is 1. The largest absolute Gasteiger partial charge is 0.380 e. The third kappa shape index (κ3) is 3.68. The van der Waals surface area contributed by atoms with Crippen LogP contribution in [0.25, 0.3) is 10.4 Å². The van der Waals surface area contributed by atoms with Crippen LogP contribution in [-0.4, -0.2) is 25.0 Å². The number of aryl methyl sites for hydroxylation is 1. The zero-order valence-electron chi connectivity index (χ0n) is 16.5. The molecule has 4 nitrogen and oxygen atoms in total. The molecule has 1 aromatic heterocycles. The number of hydrogen-bond acceptors (Lipinski definition) is 4. The average Bonchev–Trinajstić information content (AvgIpc) is 3.27. The molecule has 5 rings (SSSR count). The van der Waals surface area contributed by atoms with E-state index in [1.165, 1.54) is 16.0 Å². The van der Waals surface area contributed by atoms with E-state index in [1.54, 1.807) is 11.3 Å². The number of thiophene rings is 1. The maximum atomic E-state index is 13.2. The van der Waals surface area contributed by atoms with Gasteiger partial charge in [-0.25, -0.2) is 0 Å². The van der Waals surface area contributed by atoms with Gasteiger partial charge in [-0.1, -0.05) is 30.3 Å². The lowest BCUT2D eigenvalue weighted by Gasteiger charge is -2.29. The third-order valence-corrected chi connectivity index (χ3v) is 6.88. The Hall–Kier alpha value is -2.63. The van der Waals surface area contributed by atoms with E-state index >= 15 is 0 Å². The lowest BCUT2D eigenvalue weighted by atomic mass is 10.00. The Morgan fingerprint density at radius 3 is 2.66 bits per heavy atom. The molecule has 0 spiro atoms. The van der Waals surface area contributed by atoms with Gasteiger partial charge < -0.3 is 16.0 Å². The monoisotopic (exact) mass is 403 g/mol. The lowest BCUT2D eigenvalue weighted by Crippen LogP contribution is -2.51. The number of nitrogens with one attached hydrogen (secondary N) is 3. The Morgan fingerprint density at radius 1 is 1.10 bits per heavy atom. The summed E-state index contributed by atoms with van der Waals surface area (Å²) in [4.78, 5) is 14.4. The fraction of sp³-hybridized carbons (Fsp3) is 0.292. The first kappa shape index (κ1) is 18.4. The zero-order valence-corrected chi connectivity index (χ0v) is 17.3. The van der Waals surface area contributed by atoms with E-state index in [-0.39, 0.29) is 11.4 Å². The molecule has 2 heterocycles. The molecule has 2 aromatic carbocycles. The van der Waals surface area contributed by atoms with Gasteiger partial charge >= 0.3 is 0 Å². The number of carbonyl (C=O) groups excluding carboxylic acids is 1. The van der Waals surface area contributed by atoms with Gasteiger partial charge in [0, 0.05) is 29.2 Å². The minimum Gasteiger partial charge on any atom is -0.380 e. The van der Waals surface area contributed by atoms with Crippen molar-refractivity contribution in [2.45, 2.75) is 31.3 Å². The van der Waals surface area contributed by atoms with Crippen molar-refractivity contribution in [3.8, 4) is 10.4 Å².